The molecule has 0 unspecified atom stereocenters. The van der Waals surface area contributed by atoms with Gasteiger partial charge in [0, 0.05) is 18.1 Å². The summed E-state index contributed by atoms with van der Waals surface area (Å²) >= 11 is 7.28. The molecule has 2 aromatic heterocycles. The first-order valence-electron chi connectivity index (χ1n) is 6.52. The fraction of sp³-hybridized carbons (Fsp3) is 0.583. The first kappa shape index (κ1) is 15.8. The molecule has 2 rings (SSSR count). The lowest BCUT2D eigenvalue weighted by Gasteiger charge is -2.07. The van der Waals surface area contributed by atoms with Gasteiger partial charge in [0.25, 0.3) is 10.0 Å². The van der Waals surface area contributed by atoms with E-state index in [0.717, 1.165) is 19.3 Å². The maximum Gasteiger partial charge on any atom is 0.259 e. The quantitative estimate of drug-likeness (QED) is 0.790. The van der Waals surface area contributed by atoms with Crippen molar-refractivity contribution in [3.63, 3.8) is 0 Å². The standard InChI is InChI=1S/C12H18ClN3O2S2/c1-9(2)5-3-4-6-14-20(17,18)11-10(13)15-12-16(11)7-8-19-12/h7-9,14H,3-6H2,1-2H3. The van der Waals surface area contributed by atoms with Gasteiger partial charge < -0.3 is 0 Å². The van der Waals surface area contributed by atoms with Crippen molar-refractivity contribution in [1.82, 2.24) is 14.1 Å². The van der Waals surface area contributed by atoms with Crippen LogP contribution in [-0.2, 0) is 10.0 Å². The number of thiazole rings is 1. The van der Waals surface area contributed by atoms with Gasteiger partial charge in [-0.25, -0.2) is 18.1 Å². The minimum absolute atomic E-state index is 0.0199. The Balaban J connectivity index is 2.03. The third kappa shape index (κ3) is 3.52. The molecule has 0 spiro atoms. The lowest BCUT2D eigenvalue weighted by molar-refractivity contribution is 0.530. The zero-order chi connectivity index (χ0) is 14.8. The van der Waals surface area contributed by atoms with Crippen molar-refractivity contribution in [1.29, 1.82) is 0 Å². The number of nitrogens with zero attached hydrogens (tertiary/aromatic N) is 2. The number of hydrogen-bond acceptors (Lipinski definition) is 4. The van der Waals surface area contributed by atoms with Crippen LogP contribution in [0.15, 0.2) is 16.6 Å². The van der Waals surface area contributed by atoms with E-state index in [1.54, 1.807) is 11.6 Å². The van der Waals surface area contributed by atoms with Crippen LogP contribution in [0.2, 0.25) is 5.15 Å². The van der Waals surface area contributed by atoms with Crippen LogP contribution in [0.5, 0.6) is 0 Å². The van der Waals surface area contributed by atoms with Gasteiger partial charge in [0.1, 0.15) is 0 Å². The summed E-state index contributed by atoms with van der Waals surface area (Å²) in [6.45, 7) is 4.73. The molecule has 5 nitrogen and oxygen atoms in total. The van der Waals surface area contributed by atoms with Gasteiger partial charge in [-0.05, 0) is 12.3 Å². The summed E-state index contributed by atoms with van der Waals surface area (Å²) < 4.78 is 28.6. The molecule has 112 valence electrons. The first-order chi connectivity index (χ1) is 9.42. The van der Waals surface area contributed by atoms with Crippen LogP contribution < -0.4 is 4.72 Å². The number of unbranched alkanes of at least 4 members (excludes halogenated alkanes) is 1. The third-order valence-corrected chi connectivity index (χ3v) is 5.55. The number of imidazole rings is 1. The molecule has 0 fully saturated rings. The van der Waals surface area contributed by atoms with Crippen molar-refractivity contribution in [2.24, 2.45) is 5.92 Å². The van der Waals surface area contributed by atoms with Crippen molar-refractivity contribution < 1.29 is 8.42 Å². The zero-order valence-electron chi connectivity index (χ0n) is 11.5. The van der Waals surface area contributed by atoms with Gasteiger partial charge in [0.2, 0.25) is 0 Å². The van der Waals surface area contributed by atoms with Crippen LogP contribution >= 0.6 is 22.9 Å². The number of halogens is 1. The molecule has 2 heterocycles. The van der Waals surface area contributed by atoms with E-state index in [4.69, 9.17) is 11.6 Å². The Bertz CT molecular complexity index is 676. The van der Waals surface area contributed by atoms with Gasteiger partial charge in [0.05, 0.1) is 0 Å². The Kier molecular flexibility index (Phi) is 5.06. The van der Waals surface area contributed by atoms with Gasteiger partial charge in [-0.15, -0.1) is 11.3 Å². The van der Waals surface area contributed by atoms with Crippen LogP contribution in [-0.4, -0.2) is 24.3 Å². The molecule has 0 atom stereocenters. The molecule has 0 aromatic carbocycles. The summed E-state index contributed by atoms with van der Waals surface area (Å²) in [5, 5.41) is 1.83. The average molecular weight is 336 g/mol. The lowest BCUT2D eigenvalue weighted by Crippen LogP contribution is -2.26. The van der Waals surface area contributed by atoms with E-state index in [1.165, 1.54) is 15.7 Å². The average Bonchev–Trinajstić information content (AvgIpc) is 2.86. The Morgan fingerprint density at radius 2 is 2.20 bits per heavy atom. The number of aromatic nitrogens is 2. The zero-order valence-corrected chi connectivity index (χ0v) is 13.9. The molecule has 0 aliphatic carbocycles. The van der Waals surface area contributed by atoms with E-state index < -0.39 is 10.0 Å². The fourth-order valence-electron chi connectivity index (χ4n) is 1.93. The van der Waals surface area contributed by atoms with Crippen molar-refractivity contribution in [2.75, 3.05) is 6.54 Å². The number of hydrogen-bond donors (Lipinski definition) is 1. The molecule has 0 aliphatic heterocycles. The van der Waals surface area contributed by atoms with Crippen molar-refractivity contribution in [2.45, 2.75) is 38.1 Å². The molecule has 0 bridgehead atoms. The maximum absolute atomic E-state index is 12.3. The summed E-state index contributed by atoms with van der Waals surface area (Å²) in [5.74, 6) is 0.640. The van der Waals surface area contributed by atoms with Gasteiger partial charge in [-0.1, -0.05) is 38.3 Å². The van der Waals surface area contributed by atoms with Crippen LogP contribution in [0.25, 0.3) is 4.96 Å². The fourth-order valence-corrected chi connectivity index (χ4v) is 4.45. The van der Waals surface area contributed by atoms with Crippen LogP contribution in [0, 0.1) is 5.92 Å². The van der Waals surface area contributed by atoms with E-state index >= 15 is 0 Å². The van der Waals surface area contributed by atoms with Gasteiger partial charge >= 0.3 is 0 Å². The topological polar surface area (TPSA) is 63.5 Å². The normalized spacial score (nSPS) is 12.6. The monoisotopic (exact) mass is 335 g/mol. The van der Waals surface area contributed by atoms with Crippen LogP contribution in [0.1, 0.15) is 33.1 Å². The smallest absolute Gasteiger partial charge is 0.259 e. The summed E-state index contributed by atoms with van der Waals surface area (Å²) in [4.78, 5) is 4.61. The molecule has 0 radical (unpaired) electrons. The van der Waals surface area contributed by atoms with Crippen molar-refractivity contribution in [3.05, 3.63) is 16.7 Å². The molecule has 8 heteroatoms. The molecule has 20 heavy (non-hydrogen) atoms. The number of rotatable bonds is 7. The highest BCUT2D eigenvalue weighted by Crippen LogP contribution is 2.25. The van der Waals surface area contributed by atoms with E-state index in [9.17, 15) is 8.42 Å². The Morgan fingerprint density at radius 3 is 2.90 bits per heavy atom. The first-order valence-corrected chi connectivity index (χ1v) is 9.26. The van der Waals surface area contributed by atoms with Crippen molar-refractivity contribution >= 4 is 37.9 Å². The molecular weight excluding hydrogens is 318 g/mol. The summed E-state index contributed by atoms with van der Waals surface area (Å²) in [5.41, 5.74) is 0. The van der Waals surface area contributed by atoms with Crippen LogP contribution in [0.4, 0.5) is 0 Å². The molecule has 0 saturated heterocycles. The van der Waals surface area contributed by atoms with Crippen molar-refractivity contribution in [3.8, 4) is 0 Å². The van der Waals surface area contributed by atoms with Gasteiger partial charge in [-0.3, -0.25) is 4.40 Å². The number of sulfonamides is 1. The van der Waals surface area contributed by atoms with Gasteiger partial charge in [0.15, 0.2) is 15.1 Å². The second-order valence-electron chi connectivity index (χ2n) is 5.05. The third-order valence-electron chi connectivity index (χ3n) is 2.93. The Morgan fingerprint density at radius 1 is 1.45 bits per heavy atom. The molecule has 2 aromatic rings. The second-order valence-corrected chi connectivity index (χ2v) is 7.96. The molecule has 0 saturated carbocycles. The van der Waals surface area contributed by atoms with E-state index in [1.807, 2.05) is 0 Å². The van der Waals surface area contributed by atoms with E-state index in [-0.39, 0.29) is 10.2 Å². The molecule has 1 N–H and O–H groups in total. The molecule has 0 aliphatic rings. The number of nitrogens with one attached hydrogen (secondary N) is 1. The highest BCUT2D eigenvalue weighted by molar-refractivity contribution is 7.89. The summed E-state index contributed by atoms with van der Waals surface area (Å²) in [7, 11) is -3.62. The van der Waals surface area contributed by atoms with E-state index in [2.05, 4.69) is 23.6 Å². The predicted molar refractivity (Wildman–Crippen MR) is 82.0 cm³/mol. The predicted octanol–water partition coefficient (Wildman–Crippen LogP) is 3.15. The minimum atomic E-state index is -3.62. The van der Waals surface area contributed by atoms with E-state index in [0.29, 0.717) is 17.4 Å². The summed E-state index contributed by atoms with van der Waals surface area (Å²) in [6.07, 6.45) is 4.59. The van der Waals surface area contributed by atoms with Gasteiger partial charge in [-0.2, -0.15) is 0 Å². The second kappa shape index (κ2) is 6.43. The lowest BCUT2D eigenvalue weighted by atomic mass is 10.1. The maximum atomic E-state index is 12.3. The highest BCUT2D eigenvalue weighted by atomic mass is 35.5. The molecular formula is C12H18ClN3O2S2. The Hall–Kier alpha value is -0.630. The summed E-state index contributed by atoms with van der Waals surface area (Å²) in [6, 6.07) is 0. The van der Waals surface area contributed by atoms with Crippen LogP contribution in [0.3, 0.4) is 0 Å². The largest absolute Gasteiger partial charge is 0.279 e. The SMILES string of the molecule is CC(C)CCCCNS(=O)(=O)c1c(Cl)nc2sccn12. The molecule has 0 amide bonds. The number of fused-ring (bicyclic) bond motifs is 1. The Labute approximate surface area is 128 Å². The minimum Gasteiger partial charge on any atom is -0.279 e. The highest BCUT2D eigenvalue weighted by Gasteiger charge is 2.24.